The Bertz CT molecular complexity index is 1410. The molecule has 0 spiro atoms. The Morgan fingerprint density at radius 3 is 2.71 bits per heavy atom. The summed E-state index contributed by atoms with van der Waals surface area (Å²) in [5.74, 6) is 0.379. The highest BCUT2D eigenvalue weighted by Crippen LogP contribution is 2.37. The van der Waals surface area contributed by atoms with Gasteiger partial charge < -0.3 is 18.9 Å². The van der Waals surface area contributed by atoms with Gasteiger partial charge in [-0.3, -0.25) is 14.1 Å². The predicted octanol–water partition coefficient (Wildman–Crippen LogP) is 2.45. The average Bonchev–Trinajstić information content (AvgIpc) is 3.59. The lowest BCUT2D eigenvalue weighted by Gasteiger charge is -2.27. The predicted molar refractivity (Wildman–Crippen MR) is 125 cm³/mol. The molecule has 0 atom stereocenters. The van der Waals surface area contributed by atoms with Crippen LogP contribution < -0.4 is 5.56 Å². The van der Waals surface area contributed by atoms with Gasteiger partial charge in [0.2, 0.25) is 5.82 Å². The summed E-state index contributed by atoms with van der Waals surface area (Å²) in [5, 5.41) is 15.4. The number of aliphatic hydroxyl groups is 1. The van der Waals surface area contributed by atoms with Gasteiger partial charge in [0.25, 0.3) is 11.4 Å². The molecule has 34 heavy (non-hydrogen) atoms. The summed E-state index contributed by atoms with van der Waals surface area (Å²) in [6, 6.07) is 5.47. The maximum Gasteiger partial charge on any atom is 0.279 e. The highest BCUT2D eigenvalue weighted by Gasteiger charge is 2.38. The highest BCUT2D eigenvalue weighted by molar-refractivity contribution is 6.31. The lowest BCUT2D eigenvalue weighted by molar-refractivity contribution is 0.0328. The van der Waals surface area contributed by atoms with Gasteiger partial charge in [-0.15, -0.1) is 0 Å². The molecule has 1 saturated carbocycles. The molecule has 0 radical (unpaired) electrons. The Kier molecular flexibility index (Phi) is 5.40. The van der Waals surface area contributed by atoms with Gasteiger partial charge in [0.15, 0.2) is 5.69 Å². The third-order valence-corrected chi connectivity index (χ3v) is 7.16. The van der Waals surface area contributed by atoms with E-state index in [0.717, 1.165) is 37.0 Å². The van der Waals surface area contributed by atoms with Crippen LogP contribution in [0.4, 0.5) is 0 Å². The third kappa shape index (κ3) is 3.61. The molecule has 0 unspecified atom stereocenters. The summed E-state index contributed by atoms with van der Waals surface area (Å²) >= 11 is 6.30. The lowest BCUT2D eigenvalue weighted by atomic mass is 10.0. The zero-order valence-electron chi connectivity index (χ0n) is 18.6. The van der Waals surface area contributed by atoms with E-state index >= 15 is 0 Å². The monoisotopic (exact) mass is 484 g/mol. The summed E-state index contributed by atoms with van der Waals surface area (Å²) in [5.41, 5.74) is 0.893. The summed E-state index contributed by atoms with van der Waals surface area (Å²) < 4.78 is 14.4. The lowest BCUT2D eigenvalue weighted by Crippen LogP contribution is -2.39. The molecule has 1 N–H and O–H groups in total. The largest absolute Gasteiger partial charge is 0.382 e. The minimum absolute atomic E-state index is 0.128. The van der Waals surface area contributed by atoms with Gasteiger partial charge in [0.1, 0.15) is 17.4 Å². The first-order valence-electron chi connectivity index (χ1n) is 11.6. The van der Waals surface area contributed by atoms with Crippen LogP contribution in [0.5, 0.6) is 0 Å². The van der Waals surface area contributed by atoms with E-state index in [0.29, 0.717) is 55.4 Å². The average molecular weight is 485 g/mol. The molecule has 4 aromatic rings. The number of nitrogens with zero attached hydrogens (tertiary/aromatic N) is 6. The molecular formula is C23H25ClN6O4. The SMILES string of the molecule is O=c1c2c(-c3nc(C4(O)CCCC4)no3)ncn2c2ccc(Cl)cc2n1CCN1CCOCC1. The Morgan fingerprint density at radius 1 is 1.12 bits per heavy atom. The van der Waals surface area contributed by atoms with Crippen molar-refractivity contribution in [3.05, 3.63) is 45.7 Å². The minimum Gasteiger partial charge on any atom is -0.382 e. The van der Waals surface area contributed by atoms with Gasteiger partial charge >= 0.3 is 0 Å². The molecule has 0 amide bonds. The Morgan fingerprint density at radius 2 is 1.91 bits per heavy atom. The van der Waals surface area contributed by atoms with Crippen LogP contribution in [0.1, 0.15) is 31.5 Å². The van der Waals surface area contributed by atoms with Gasteiger partial charge in [-0.1, -0.05) is 16.8 Å². The maximum atomic E-state index is 13.8. The van der Waals surface area contributed by atoms with Gasteiger partial charge in [-0.25, -0.2) is 4.98 Å². The van der Waals surface area contributed by atoms with Gasteiger partial charge in [-0.2, -0.15) is 4.98 Å². The molecule has 10 nitrogen and oxygen atoms in total. The fourth-order valence-corrected chi connectivity index (χ4v) is 5.19. The molecule has 0 bridgehead atoms. The Hall–Kier alpha value is -2.79. The number of hydrogen-bond donors (Lipinski definition) is 1. The molecule has 1 aliphatic heterocycles. The molecular weight excluding hydrogens is 460 g/mol. The molecule has 1 aromatic carbocycles. The quantitative estimate of drug-likeness (QED) is 0.460. The van der Waals surface area contributed by atoms with E-state index in [1.54, 1.807) is 27.4 Å². The fourth-order valence-electron chi connectivity index (χ4n) is 5.03. The van der Waals surface area contributed by atoms with Crippen LogP contribution in [0.3, 0.4) is 0 Å². The van der Waals surface area contributed by atoms with Crippen molar-refractivity contribution in [2.24, 2.45) is 0 Å². The number of halogens is 1. The summed E-state index contributed by atoms with van der Waals surface area (Å²) in [6.07, 6.45) is 4.60. The maximum absolute atomic E-state index is 13.8. The van der Waals surface area contributed by atoms with E-state index in [9.17, 15) is 9.90 Å². The van der Waals surface area contributed by atoms with Crippen molar-refractivity contribution in [1.82, 2.24) is 29.0 Å². The molecule has 11 heteroatoms. The van der Waals surface area contributed by atoms with Crippen LogP contribution in [0.15, 0.2) is 33.8 Å². The van der Waals surface area contributed by atoms with Crippen LogP contribution in [-0.2, 0) is 16.9 Å². The van der Waals surface area contributed by atoms with Crippen molar-refractivity contribution < 1.29 is 14.4 Å². The van der Waals surface area contributed by atoms with Crippen LogP contribution >= 0.6 is 11.6 Å². The van der Waals surface area contributed by atoms with E-state index in [1.165, 1.54) is 0 Å². The van der Waals surface area contributed by atoms with E-state index in [-0.39, 0.29) is 17.3 Å². The van der Waals surface area contributed by atoms with Crippen molar-refractivity contribution >= 4 is 28.2 Å². The van der Waals surface area contributed by atoms with Crippen molar-refractivity contribution in [2.75, 3.05) is 32.8 Å². The molecule has 1 saturated heterocycles. The van der Waals surface area contributed by atoms with Crippen LogP contribution in [-0.4, -0.2) is 66.9 Å². The van der Waals surface area contributed by atoms with Gasteiger partial charge in [0.05, 0.1) is 24.2 Å². The molecule has 1 aliphatic carbocycles. The van der Waals surface area contributed by atoms with Gasteiger partial charge in [-0.05, 0) is 43.9 Å². The minimum atomic E-state index is -1.08. The van der Waals surface area contributed by atoms with Crippen molar-refractivity contribution in [3.8, 4) is 11.6 Å². The van der Waals surface area contributed by atoms with Crippen molar-refractivity contribution in [3.63, 3.8) is 0 Å². The molecule has 4 heterocycles. The van der Waals surface area contributed by atoms with E-state index in [4.69, 9.17) is 20.9 Å². The highest BCUT2D eigenvalue weighted by atomic mass is 35.5. The Balaban J connectivity index is 1.47. The second-order valence-corrected chi connectivity index (χ2v) is 9.45. The van der Waals surface area contributed by atoms with Crippen molar-refractivity contribution in [2.45, 2.75) is 37.8 Å². The first-order valence-corrected chi connectivity index (χ1v) is 12.0. The summed E-state index contributed by atoms with van der Waals surface area (Å²) in [6.45, 7) is 4.26. The van der Waals surface area contributed by atoms with E-state index in [2.05, 4.69) is 20.0 Å². The second kappa shape index (κ2) is 8.46. The first kappa shape index (κ1) is 21.7. The van der Waals surface area contributed by atoms with Crippen molar-refractivity contribution in [1.29, 1.82) is 0 Å². The van der Waals surface area contributed by atoms with Crippen LogP contribution in [0.2, 0.25) is 5.02 Å². The number of fused-ring (bicyclic) bond motifs is 3. The van der Waals surface area contributed by atoms with E-state index < -0.39 is 5.60 Å². The Labute approximate surface area is 199 Å². The number of aromatic nitrogens is 5. The number of rotatable bonds is 5. The molecule has 6 rings (SSSR count). The number of ether oxygens (including phenoxy) is 1. The topological polar surface area (TPSA) is 111 Å². The number of hydrogen-bond acceptors (Lipinski definition) is 8. The number of imidazole rings is 1. The first-order chi connectivity index (χ1) is 16.5. The smallest absolute Gasteiger partial charge is 0.279 e. The van der Waals surface area contributed by atoms with E-state index in [1.807, 2.05) is 6.07 Å². The molecule has 178 valence electrons. The third-order valence-electron chi connectivity index (χ3n) is 6.92. The van der Waals surface area contributed by atoms with Gasteiger partial charge in [0, 0.05) is 31.2 Å². The number of benzene rings is 1. The zero-order valence-corrected chi connectivity index (χ0v) is 19.4. The zero-order chi connectivity index (χ0) is 23.3. The normalized spacial score (nSPS) is 18.9. The number of morpholine rings is 1. The van der Waals surface area contributed by atoms with Crippen LogP contribution in [0.25, 0.3) is 28.1 Å². The summed E-state index contributed by atoms with van der Waals surface area (Å²) in [4.78, 5) is 25.0. The summed E-state index contributed by atoms with van der Waals surface area (Å²) in [7, 11) is 0. The fraction of sp³-hybridized carbons (Fsp3) is 0.478. The standard InChI is InChI=1S/C23H25ClN6O4/c24-15-3-4-16-17(13-15)29(8-7-28-9-11-33-12-10-28)21(31)19-18(25-14-30(16)19)20-26-22(27-34-20)23(32)5-1-2-6-23/h3-4,13-14,32H,1-2,5-12H2. The molecule has 2 fully saturated rings. The second-order valence-electron chi connectivity index (χ2n) is 9.02. The molecule has 2 aliphatic rings. The molecule has 3 aromatic heterocycles. The van der Waals surface area contributed by atoms with Crippen LogP contribution in [0, 0.1) is 0 Å².